The minimum absolute atomic E-state index is 0.0540. The van der Waals surface area contributed by atoms with Gasteiger partial charge in [0.2, 0.25) is 5.91 Å². The van der Waals surface area contributed by atoms with E-state index < -0.39 is 0 Å². The molecule has 0 spiro atoms. The Balaban J connectivity index is 0.000000357. The SMILES string of the molecule is C/C=C\C=C(/C)CC(=O)NCCOCCC.CCCCC(C)=Nc1c(N)nc2ccccc2c1C. The number of carbonyl (C=O) groups is 1. The molecule has 0 unspecified atom stereocenters. The van der Waals surface area contributed by atoms with Crippen LogP contribution in [-0.2, 0) is 9.53 Å². The fourth-order valence-electron chi connectivity index (χ4n) is 3.36. The van der Waals surface area contributed by atoms with Crippen LogP contribution in [0.15, 0.2) is 53.1 Å². The summed E-state index contributed by atoms with van der Waals surface area (Å²) in [5.74, 6) is 0.574. The molecule has 35 heavy (non-hydrogen) atoms. The summed E-state index contributed by atoms with van der Waals surface area (Å²) in [6, 6.07) is 8.04. The number of benzene rings is 1. The number of carbonyl (C=O) groups excluding carboxylic acids is 1. The number of para-hydroxylation sites is 1. The maximum atomic E-state index is 11.4. The summed E-state index contributed by atoms with van der Waals surface area (Å²) in [5, 5.41) is 3.94. The van der Waals surface area contributed by atoms with E-state index in [1.165, 1.54) is 6.42 Å². The molecule has 2 rings (SSSR count). The third-order valence-electron chi connectivity index (χ3n) is 5.27. The highest BCUT2D eigenvalue weighted by Crippen LogP contribution is 2.31. The van der Waals surface area contributed by atoms with Gasteiger partial charge in [0, 0.05) is 30.7 Å². The first-order chi connectivity index (χ1) is 16.8. The van der Waals surface area contributed by atoms with Crippen LogP contribution in [0.1, 0.15) is 72.3 Å². The van der Waals surface area contributed by atoms with Gasteiger partial charge in [-0.15, -0.1) is 0 Å². The lowest BCUT2D eigenvalue weighted by molar-refractivity contribution is -0.120. The fraction of sp³-hybridized carbons (Fsp3) is 0.483. The Hall–Kier alpha value is -2.99. The van der Waals surface area contributed by atoms with Crippen molar-refractivity contribution in [2.45, 2.75) is 73.6 Å². The number of fused-ring (bicyclic) bond motifs is 1. The Bertz CT molecular complexity index is 1010. The van der Waals surface area contributed by atoms with E-state index in [-0.39, 0.29) is 5.91 Å². The van der Waals surface area contributed by atoms with E-state index in [0.717, 1.165) is 59.3 Å². The number of amides is 1. The highest BCUT2D eigenvalue weighted by molar-refractivity contribution is 5.93. The number of anilines is 1. The van der Waals surface area contributed by atoms with Gasteiger partial charge in [0.25, 0.3) is 0 Å². The number of nitrogens with one attached hydrogen (secondary N) is 1. The first-order valence-electron chi connectivity index (χ1n) is 12.7. The van der Waals surface area contributed by atoms with Crippen LogP contribution in [-0.4, -0.2) is 36.4 Å². The molecule has 2 aromatic rings. The van der Waals surface area contributed by atoms with Gasteiger partial charge in [-0.1, -0.05) is 62.3 Å². The number of rotatable bonds is 12. The van der Waals surface area contributed by atoms with Gasteiger partial charge in [-0.05, 0) is 58.6 Å². The molecular formula is C29H44N4O2. The van der Waals surface area contributed by atoms with Crippen LogP contribution in [0.3, 0.4) is 0 Å². The average Bonchev–Trinajstić information content (AvgIpc) is 2.84. The van der Waals surface area contributed by atoms with Crippen molar-refractivity contribution >= 4 is 34.0 Å². The zero-order valence-electron chi connectivity index (χ0n) is 22.5. The van der Waals surface area contributed by atoms with Crippen molar-refractivity contribution in [3.8, 4) is 0 Å². The molecule has 1 heterocycles. The number of aliphatic imine (C=N–C) groups is 1. The first kappa shape index (κ1) is 30.0. The average molecular weight is 481 g/mol. The second-order valence-corrected chi connectivity index (χ2v) is 8.62. The zero-order chi connectivity index (χ0) is 26.1. The number of nitrogen functional groups attached to an aromatic ring is 1. The monoisotopic (exact) mass is 480 g/mol. The van der Waals surface area contributed by atoms with Crippen LogP contribution in [0.4, 0.5) is 11.5 Å². The molecule has 0 aliphatic heterocycles. The molecule has 1 amide bonds. The van der Waals surface area contributed by atoms with Gasteiger partial charge in [0.05, 0.1) is 12.1 Å². The van der Waals surface area contributed by atoms with Gasteiger partial charge in [0.1, 0.15) is 11.5 Å². The molecule has 6 nitrogen and oxygen atoms in total. The zero-order valence-corrected chi connectivity index (χ0v) is 22.5. The van der Waals surface area contributed by atoms with Crippen LogP contribution < -0.4 is 11.1 Å². The predicted octanol–water partition coefficient (Wildman–Crippen LogP) is 6.85. The molecule has 0 saturated heterocycles. The maximum absolute atomic E-state index is 11.4. The number of hydrogen-bond donors (Lipinski definition) is 2. The van der Waals surface area contributed by atoms with Gasteiger partial charge in [-0.2, -0.15) is 0 Å². The molecule has 0 saturated carbocycles. The van der Waals surface area contributed by atoms with Crippen LogP contribution in [0.25, 0.3) is 10.9 Å². The van der Waals surface area contributed by atoms with Gasteiger partial charge in [0.15, 0.2) is 0 Å². The van der Waals surface area contributed by atoms with Gasteiger partial charge in [-0.3, -0.25) is 9.79 Å². The number of aryl methyl sites for hydroxylation is 1. The summed E-state index contributed by atoms with van der Waals surface area (Å²) in [4.78, 5) is 20.5. The quantitative estimate of drug-likeness (QED) is 0.197. The second-order valence-electron chi connectivity index (χ2n) is 8.62. The lowest BCUT2D eigenvalue weighted by atomic mass is 10.1. The van der Waals surface area contributed by atoms with E-state index >= 15 is 0 Å². The van der Waals surface area contributed by atoms with Gasteiger partial charge < -0.3 is 15.8 Å². The number of nitrogens with two attached hydrogens (primary N) is 1. The van der Waals surface area contributed by atoms with Crippen molar-refractivity contribution in [2.24, 2.45) is 4.99 Å². The minimum atomic E-state index is 0.0540. The molecule has 0 radical (unpaired) electrons. The van der Waals surface area contributed by atoms with Crippen LogP contribution in [0.2, 0.25) is 0 Å². The second kappa shape index (κ2) is 17.4. The van der Waals surface area contributed by atoms with Crippen molar-refractivity contribution in [1.29, 1.82) is 0 Å². The Morgan fingerprint density at radius 2 is 1.91 bits per heavy atom. The Morgan fingerprint density at radius 3 is 2.60 bits per heavy atom. The lowest BCUT2D eigenvalue weighted by Crippen LogP contribution is -2.27. The summed E-state index contributed by atoms with van der Waals surface area (Å²) in [5.41, 5.74) is 11.1. The topological polar surface area (TPSA) is 89.6 Å². The van der Waals surface area contributed by atoms with Crippen molar-refractivity contribution in [3.63, 3.8) is 0 Å². The van der Waals surface area contributed by atoms with E-state index in [0.29, 0.717) is 25.4 Å². The van der Waals surface area contributed by atoms with Gasteiger partial charge in [-0.25, -0.2) is 4.98 Å². The molecule has 1 aromatic carbocycles. The molecule has 0 atom stereocenters. The Morgan fingerprint density at radius 1 is 1.17 bits per heavy atom. The molecule has 0 fully saturated rings. The highest BCUT2D eigenvalue weighted by Gasteiger charge is 2.09. The van der Waals surface area contributed by atoms with E-state index in [2.05, 4.69) is 49.1 Å². The molecule has 192 valence electrons. The standard InChI is InChI=1S/C16H21N3.C13H23NO2/c1-4-5-8-11(2)18-15-12(3)13-9-6-7-10-14(13)19-16(15)17;1-4-6-7-12(3)11-13(15)14-8-10-16-9-5-2/h6-7,9-10H,4-5,8H2,1-3H3,(H2,17,19);4,6-7H,5,8-11H2,1-3H3,(H,14,15)/b;6-4-,12-7+. The predicted molar refractivity (Wildman–Crippen MR) is 150 cm³/mol. The van der Waals surface area contributed by atoms with E-state index in [1.807, 2.05) is 50.3 Å². The summed E-state index contributed by atoms with van der Waals surface area (Å²) in [7, 11) is 0. The number of hydrogen-bond acceptors (Lipinski definition) is 5. The van der Waals surface area contributed by atoms with E-state index in [4.69, 9.17) is 10.5 Å². The minimum Gasteiger partial charge on any atom is -0.382 e. The number of ether oxygens (including phenoxy) is 1. The normalized spacial score (nSPS) is 12.1. The third kappa shape index (κ3) is 11.8. The molecule has 1 aromatic heterocycles. The van der Waals surface area contributed by atoms with E-state index in [1.54, 1.807) is 0 Å². The summed E-state index contributed by atoms with van der Waals surface area (Å²) in [6.07, 6.45) is 10.7. The molecule has 0 bridgehead atoms. The van der Waals surface area contributed by atoms with Gasteiger partial charge >= 0.3 is 0 Å². The summed E-state index contributed by atoms with van der Waals surface area (Å²) >= 11 is 0. The Kier molecular flexibility index (Phi) is 15.0. The smallest absolute Gasteiger partial charge is 0.224 e. The lowest BCUT2D eigenvalue weighted by Gasteiger charge is -2.09. The van der Waals surface area contributed by atoms with Crippen LogP contribution in [0, 0.1) is 6.92 Å². The fourth-order valence-corrected chi connectivity index (χ4v) is 3.36. The molecule has 3 N–H and O–H groups in total. The first-order valence-corrected chi connectivity index (χ1v) is 12.7. The summed E-state index contributed by atoms with van der Waals surface area (Å²) in [6.45, 7) is 14.2. The molecule has 6 heteroatoms. The largest absolute Gasteiger partial charge is 0.382 e. The number of unbranched alkanes of at least 4 members (excludes halogenated alkanes) is 1. The van der Waals surface area contributed by atoms with E-state index in [9.17, 15) is 4.79 Å². The Labute approximate surface area is 211 Å². The number of allylic oxidation sites excluding steroid dienone is 3. The highest BCUT2D eigenvalue weighted by atomic mass is 16.5. The van der Waals surface area contributed by atoms with Crippen molar-refractivity contribution < 1.29 is 9.53 Å². The number of aromatic nitrogens is 1. The third-order valence-corrected chi connectivity index (χ3v) is 5.27. The number of pyridine rings is 1. The summed E-state index contributed by atoms with van der Waals surface area (Å²) < 4.78 is 5.26. The molecule has 0 aliphatic rings. The van der Waals surface area contributed by atoms with Crippen molar-refractivity contribution in [2.75, 3.05) is 25.5 Å². The van der Waals surface area contributed by atoms with Crippen LogP contribution in [0.5, 0.6) is 0 Å². The van der Waals surface area contributed by atoms with Crippen LogP contribution >= 0.6 is 0 Å². The van der Waals surface area contributed by atoms with Crippen molar-refractivity contribution in [1.82, 2.24) is 10.3 Å². The molecular weight excluding hydrogens is 436 g/mol. The maximum Gasteiger partial charge on any atom is 0.224 e. The molecule has 0 aliphatic carbocycles. The van der Waals surface area contributed by atoms with Crippen molar-refractivity contribution in [3.05, 3.63) is 53.6 Å². The number of nitrogens with zero attached hydrogens (tertiary/aromatic N) is 2.